The first kappa shape index (κ1) is 15.8. The summed E-state index contributed by atoms with van der Waals surface area (Å²) in [7, 11) is 0. The lowest BCUT2D eigenvalue weighted by atomic mass is 9.94. The zero-order valence-electron chi connectivity index (χ0n) is 10.9. The monoisotopic (exact) mass is 276 g/mol. The van der Waals surface area contributed by atoms with Crippen molar-refractivity contribution in [3.63, 3.8) is 0 Å². The minimum absolute atomic E-state index is 0.248. The molecule has 106 valence electrons. The van der Waals surface area contributed by atoms with E-state index in [9.17, 15) is 9.90 Å². The zero-order chi connectivity index (χ0) is 13.6. The number of nitrogens with one attached hydrogen (secondary N) is 1. The Hall–Kier alpha value is -0.300. The molecule has 2 unspecified atom stereocenters. The number of primary amides is 1. The standard InChI is InChI=1S/C12H24N2O3S/c1-2-5-14-12(11(13)17,9-3-4-9)8-18-7-10(16)6-15/h9-10,14-16H,2-8H2,1H3,(H2,13,17). The van der Waals surface area contributed by atoms with E-state index in [1.807, 2.05) is 6.92 Å². The summed E-state index contributed by atoms with van der Waals surface area (Å²) >= 11 is 1.47. The average molecular weight is 276 g/mol. The molecule has 5 nitrogen and oxygen atoms in total. The number of amides is 1. The Kier molecular flexibility index (Phi) is 6.42. The fourth-order valence-electron chi connectivity index (χ4n) is 2.01. The highest BCUT2D eigenvalue weighted by Crippen LogP contribution is 2.41. The maximum atomic E-state index is 11.8. The number of hydrogen-bond acceptors (Lipinski definition) is 5. The molecule has 5 N–H and O–H groups in total. The third-order valence-corrected chi connectivity index (χ3v) is 4.54. The summed E-state index contributed by atoms with van der Waals surface area (Å²) in [5.41, 5.74) is 4.93. The maximum absolute atomic E-state index is 11.8. The Labute approximate surface area is 113 Å². The highest BCUT2D eigenvalue weighted by Gasteiger charge is 2.49. The van der Waals surface area contributed by atoms with Gasteiger partial charge in [0.2, 0.25) is 5.91 Å². The Bertz CT molecular complexity index is 274. The fourth-order valence-corrected chi connectivity index (χ4v) is 3.30. The van der Waals surface area contributed by atoms with Gasteiger partial charge in [-0.05, 0) is 31.7 Å². The smallest absolute Gasteiger partial charge is 0.238 e. The van der Waals surface area contributed by atoms with Crippen molar-refractivity contribution in [1.29, 1.82) is 0 Å². The van der Waals surface area contributed by atoms with Crippen molar-refractivity contribution in [2.75, 3.05) is 24.7 Å². The van der Waals surface area contributed by atoms with Crippen molar-refractivity contribution in [2.45, 2.75) is 37.8 Å². The Morgan fingerprint density at radius 2 is 2.28 bits per heavy atom. The molecule has 1 rings (SSSR count). The van der Waals surface area contributed by atoms with Crippen LogP contribution in [0, 0.1) is 5.92 Å². The molecule has 0 bridgehead atoms. The predicted octanol–water partition coefficient (Wildman–Crippen LogP) is -0.293. The van der Waals surface area contributed by atoms with Crippen molar-refractivity contribution in [1.82, 2.24) is 5.32 Å². The minimum Gasteiger partial charge on any atom is -0.394 e. The molecule has 0 aromatic heterocycles. The number of carbonyl (C=O) groups excluding carboxylic acids is 1. The molecule has 0 aliphatic heterocycles. The number of rotatable bonds is 10. The summed E-state index contributed by atoms with van der Waals surface area (Å²) in [5, 5.41) is 21.4. The molecule has 0 aromatic rings. The van der Waals surface area contributed by atoms with Gasteiger partial charge in [-0.25, -0.2) is 0 Å². The molecule has 0 spiro atoms. The van der Waals surface area contributed by atoms with Crippen LogP contribution in [0.1, 0.15) is 26.2 Å². The van der Waals surface area contributed by atoms with Crippen molar-refractivity contribution in [3.05, 3.63) is 0 Å². The number of thioether (sulfide) groups is 1. The minimum atomic E-state index is -0.731. The first-order chi connectivity index (χ1) is 8.56. The van der Waals surface area contributed by atoms with Crippen molar-refractivity contribution in [3.8, 4) is 0 Å². The molecule has 18 heavy (non-hydrogen) atoms. The van der Waals surface area contributed by atoms with E-state index in [2.05, 4.69) is 5.32 Å². The molecule has 1 amide bonds. The van der Waals surface area contributed by atoms with E-state index in [4.69, 9.17) is 10.8 Å². The number of nitrogens with two attached hydrogens (primary N) is 1. The highest BCUT2D eigenvalue weighted by atomic mass is 32.2. The second-order valence-electron chi connectivity index (χ2n) is 4.89. The number of aliphatic hydroxyl groups excluding tert-OH is 2. The Morgan fingerprint density at radius 1 is 1.61 bits per heavy atom. The third-order valence-electron chi connectivity index (χ3n) is 3.26. The average Bonchev–Trinajstić information content (AvgIpc) is 3.17. The molecule has 1 aliphatic rings. The molecular weight excluding hydrogens is 252 g/mol. The van der Waals surface area contributed by atoms with Gasteiger partial charge < -0.3 is 21.3 Å². The molecule has 0 radical (unpaired) electrons. The lowest BCUT2D eigenvalue weighted by molar-refractivity contribution is -0.124. The van der Waals surface area contributed by atoms with Crippen LogP contribution in [0.15, 0.2) is 0 Å². The SMILES string of the molecule is CCCNC(CSCC(O)CO)(C(N)=O)C1CC1. The van der Waals surface area contributed by atoms with E-state index in [0.29, 0.717) is 17.4 Å². The lowest BCUT2D eigenvalue weighted by Gasteiger charge is -2.32. The molecule has 6 heteroatoms. The van der Waals surface area contributed by atoms with Crippen molar-refractivity contribution in [2.24, 2.45) is 11.7 Å². The Balaban J connectivity index is 2.55. The van der Waals surface area contributed by atoms with Crippen LogP contribution >= 0.6 is 11.8 Å². The summed E-state index contributed by atoms with van der Waals surface area (Å²) in [6, 6.07) is 0. The van der Waals surface area contributed by atoms with Crippen LogP contribution in [0.25, 0.3) is 0 Å². The number of carbonyl (C=O) groups is 1. The molecule has 0 heterocycles. The van der Waals surface area contributed by atoms with Gasteiger partial charge >= 0.3 is 0 Å². The Morgan fingerprint density at radius 3 is 2.72 bits per heavy atom. The summed E-state index contributed by atoms with van der Waals surface area (Å²) < 4.78 is 0. The van der Waals surface area contributed by atoms with Gasteiger partial charge in [0.1, 0.15) is 5.54 Å². The van der Waals surface area contributed by atoms with E-state index in [1.165, 1.54) is 11.8 Å². The normalized spacial score (nSPS) is 20.4. The number of hydrogen-bond donors (Lipinski definition) is 4. The van der Waals surface area contributed by atoms with Crippen molar-refractivity contribution < 1.29 is 15.0 Å². The first-order valence-corrected chi connectivity index (χ1v) is 7.64. The summed E-state index contributed by atoms with van der Waals surface area (Å²) in [5.74, 6) is 1.00. The van der Waals surface area contributed by atoms with Gasteiger partial charge in [-0.1, -0.05) is 6.92 Å². The van der Waals surface area contributed by atoms with Gasteiger partial charge in [0.05, 0.1) is 12.7 Å². The van der Waals surface area contributed by atoms with Crippen molar-refractivity contribution >= 4 is 17.7 Å². The second-order valence-corrected chi connectivity index (χ2v) is 5.92. The summed E-state index contributed by atoms with van der Waals surface area (Å²) in [6.45, 7) is 2.57. The molecule has 1 fully saturated rings. The fraction of sp³-hybridized carbons (Fsp3) is 0.917. The van der Waals surface area contributed by atoms with Gasteiger partial charge in [-0.15, -0.1) is 0 Å². The van der Waals surface area contributed by atoms with Crippen LogP contribution in [-0.4, -0.2) is 52.4 Å². The van der Waals surface area contributed by atoms with Crippen LogP contribution in [0.3, 0.4) is 0 Å². The molecule has 0 saturated heterocycles. The molecule has 1 aliphatic carbocycles. The molecular formula is C12H24N2O3S. The topological polar surface area (TPSA) is 95.6 Å². The maximum Gasteiger partial charge on any atom is 0.238 e. The van der Waals surface area contributed by atoms with Gasteiger partial charge in [0.15, 0.2) is 0 Å². The van der Waals surface area contributed by atoms with E-state index in [-0.39, 0.29) is 12.5 Å². The third kappa shape index (κ3) is 4.12. The van der Waals surface area contributed by atoms with E-state index in [0.717, 1.165) is 25.8 Å². The summed E-state index contributed by atoms with van der Waals surface area (Å²) in [4.78, 5) is 11.8. The largest absolute Gasteiger partial charge is 0.394 e. The molecule has 0 aromatic carbocycles. The van der Waals surface area contributed by atoms with Gasteiger partial charge in [0.25, 0.3) is 0 Å². The van der Waals surface area contributed by atoms with Crippen LogP contribution in [0.2, 0.25) is 0 Å². The number of aliphatic hydroxyl groups is 2. The van der Waals surface area contributed by atoms with Crippen LogP contribution < -0.4 is 11.1 Å². The van der Waals surface area contributed by atoms with Gasteiger partial charge in [0, 0.05) is 11.5 Å². The van der Waals surface area contributed by atoms with Crippen LogP contribution in [0.5, 0.6) is 0 Å². The van der Waals surface area contributed by atoms with E-state index >= 15 is 0 Å². The first-order valence-electron chi connectivity index (χ1n) is 6.48. The molecule has 2 atom stereocenters. The van der Waals surface area contributed by atoms with Crippen LogP contribution in [0.4, 0.5) is 0 Å². The van der Waals surface area contributed by atoms with Crippen LogP contribution in [-0.2, 0) is 4.79 Å². The quantitative estimate of drug-likeness (QED) is 0.440. The van der Waals surface area contributed by atoms with Gasteiger partial charge in [-0.2, -0.15) is 11.8 Å². The van der Waals surface area contributed by atoms with Gasteiger partial charge in [-0.3, -0.25) is 4.79 Å². The van der Waals surface area contributed by atoms with E-state index < -0.39 is 11.6 Å². The highest BCUT2D eigenvalue weighted by molar-refractivity contribution is 7.99. The summed E-state index contributed by atoms with van der Waals surface area (Å²) in [6.07, 6.45) is 2.28. The predicted molar refractivity (Wildman–Crippen MR) is 73.4 cm³/mol. The van der Waals surface area contributed by atoms with E-state index in [1.54, 1.807) is 0 Å². The second kappa shape index (κ2) is 7.33. The molecule has 1 saturated carbocycles. The zero-order valence-corrected chi connectivity index (χ0v) is 11.7. The lowest BCUT2D eigenvalue weighted by Crippen LogP contribution is -2.59.